The molecule has 27 heavy (non-hydrogen) atoms. The molecule has 7 heteroatoms. The zero-order valence-corrected chi connectivity index (χ0v) is 16.2. The molecule has 0 aliphatic heterocycles. The Kier molecular flexibility index (Phi) is 5.98. The highest BCUT2D eigenvalue weighted by Gasteiger charge is 2.07. The lowest BCUT2D eigenvalue weighted by Crippen LogP contribution is -2.05. The molecule has 2 N–H and O–H groups in total. The van der Waals surface area contributed by atoms with Crippen molar-refractivity contribution in [1.29, 1.82) is 0 Å². The van der Waals surface area contributed by atoms with Gasteiger partial charge in [-0.15, -0.1) is 0 Å². The summed E-state index contributed by atoms with van der Waals surface area (Å²) >= 11 is 6.21. The van der Waals surface area contributed by atoms with Crippen LogP contribution in [-0.2, 0) is 6.54 Å². The Balaban J connectivity index is 1.76. The molecule has 0 radical (unpaired) electrons. The number of benzene rings is 2. The zero-order chi connectivity index (χ0) is 19.2. The van der Waals surface area contributed by atoms with Gasteiger partial charge in [-0.3, -0.25) is 0 Å². The molecular formula is C20H21ClN4O2. The van der Waals surface area contributed by atoms with Crippen molar-refractivity contribution in [2.24, 2.45) is 0 Å². The van der Waals surface area contributed by atoms with Gasteiger partial charge in [0.05, 0.1) is 14.2 Å². The lowest BCUT2D eigenvalue weighted by Gasteiger charge is -2.13. The third-order valence-corrected chi connectivity index (χ3v) is 4.28. The fraction of sp³-hybridized carbons (Fsp3) is 0.200. The quantitative estimate of drug-likeness (QED) is 0.609. The van der Waals surface area contributed by atoms with Gasteiger partial charge in [0.25, 0.3) is 0 Å². The fourth-order valence-electron chi connectivity index (χ4n) is 2.61. The van der Waals surface area contributed by atoms with Gasteiger partial charge in [0.1, 0.15) is 17.5 Å². The largest absolute Gasteiger partial charge is 0.493 e. The van der Waals surface area contributed by atoms with E-state index in [0.29, 0.717) is 35.5 Å². The lowest BCUT2D eigenvalue weighted by molar-refractivity contribution is 0.355. The van der Waals surface area contributed by atoms with E-state index in [1.54, 1.807) is 14.2 Å². The van der Waals surface area contributed by atoms with E-state index in [1.807, 2.05) is 55.5 Å². The maximum atomic E-state index is 6.21. The second kappa shape index (κ2) is 8.60. The van der Waals surface area contributed by atoms with Gasteiger partial charge in [0.2, 0.25) is 0 Å². The number of halogens is 1. The number of rotatable bonds is 7. The summed E-state index contributed by atoms with van der Waals surface area (Å²) < 4.78 is 10.6. The number of hydrogen-bond donors (Lipinski definition) is 2. The topological polar surface area (TPSA) is 68.3 Å². The minimum atomic E-state index is 0.575. The Morgan fingerprint density at radius 3 is 2.41 bits per heavy atom. The number of methoxy groups -OCH3 is 2. The smallest absolute Gasteiger partial charge is 0.162 e. The van der Waals surface area contributed by atoms with E-state index in [1.165, 1.54) is 0 Å². The standard InChI is InChI=1S/C20H21ClN4O2/c1-13-23-19(22-12-14-6-4-5-7-16(14)21)11-20(24-13)25-15-8-9-17(26-2)18(10-15)27-3/h4-11H,12H2,1-3H3,(H2,22,23,24,25). The summed E-state index contributed by atoms with van der Waals surface area (Å²) in [6.07, 6.45) is 0. The second-order valence-corrected chi connectivity index (χ2v) is 6.23. The van der Waals surface area contributed by atoms with Crippen LogP contribution >= 0.6 is 11.6 Å². The van der Waals surface area contributed by atoms with Crippen LogP contribution in [0.3, 0.4) is 0 Å². The Morgan fingerprint density at radius 1 is 0.926 bits per heavy atom. The molecule has 1 heterocycles. The van der Waals surface area contributed by atoms with Crippen LogP contribution in [0.2, 0.25) is 5.02 Å². The zero-order valence-electron chi connectivity index (χ0n) is 15.4. The maximum absolute atomic E-state index is 6.21. The molecule has 0 bridgehead atoms. The van der Waals surface area contributed by atoms with Crippen molar-refractivity contribution >= 4 is 28.9 Å². The minimum absolute atomic E-state index is 0.575. The number of anilines is 3. The fourth-order valence-corrected chi connectivity index (χ4v) is 2.81. The van der Waals surface area contributed by atoms with Crippen molar-refractivity contribution in [3.8, 4) is 11.5 Å². The van der Waals surface area contributed by atoms with Crippen molar-refractivity contribution in [2.45, 2.75) is 13.5 Å². The van der Waals surface area contributed by atoms with Gasteiger partial charge < -0.3 is 20.1 Å². The van der Waals surface area contributed by atoms with Crippen LogP contribution in [0, 0.1) is 6.92 Å². The predicted octanol–water partition coefficient (Wildman–Crippen LogP) is 4.81. The van der Waals surface area contributed by atoms with E-state index in [0.717, 1.165) is 16.3 Å². The highest BCUT2D eigenvalue weighted by molar-refractivity contribution is 6.31. The van der Waals surface area contributed by atoms with Crippen molar-refractivity contribution in [3.05, 3.63) is 64.9 Å². The van der Waals surface area contributed by atoms with Crippen molar-refractivity contribution in [2.75, 3.05) is 24.9 Å². The van der Waals surface area contributed by atoms with E-state index in [4.69, 9.17) is 21.1 Å². The molecule has 0 aliphatic carbocycles. The number of nitrogens with zero attached hydrogens (tertiary/aromatic N) is 2. The van der Waals surface area contributed by atoms with E-state index < -0.39 is 0 Å². The molecule has 6 nitrogen and oxygen atoms in total. The highest BCUT2D eigenvalue weighted by atomic mass is 35.5. The number of hydrogen-bond acceptors (Lipinski definition) is 6. The Bertz CT molecular complexity index is 934. The maximum Gasteiger partial charge on any atom is 0.162 e. The van der Waals surface area contributed by atoms with E-state index in [2.05, 4.69) is 20.6 Å². The summed E-state index contributed by atoms with van der Waals surface area (Å²) in [4.78, 5) is 8.87. The summed E-state index contributed by atoms with van der Waals surface area (Å²) in [6, 6.07) is 15.2. The van der Waals surface area contributed by atoms with Gasteiger partial charge in [-0.1, -0.05) is 29.8 Å². The van der Waals surface area contributed by atoms with Crippen LogP contribution in [-0.4, -0.2) is 24.2 Å². The molecule has 0 saturated carbocycles. The Morgan fingerprint density at radius 2 is 1.67 bits per heavy atom. The first-order chi connectivity index (χ1) is 13.1. The van der Waals surface area contributed by atoms with Gasteiger partial charge in [0, 0.05) is 29.4 Å². The molecule has 0 fully saturated rings. The average Bonchev–Trinajstić information content (AvgIpc) is 2.67. The van der Waals surface area contributed by atoms with Gasteiger partial charge in [-0.05, 0) is 30.7 Å². The third-order valence-electron chi connectivity index (χ3n) is 3.91. The van der Waals surface area contributed by atoms with Crippen LogP contribution < -0.4 is 20.1 Å². The number of aryl methyl sites for hydroxylation is 1. The van der Waals surface area contributed by atoms with Gasteiger partial charge in [-0.2, -0.15) is 0 Å². The number of aromatic nitrogens is 2. The molecule has 0 unspecified atom stereocenters. The summed E-state index contributed by atoms with van der Waals surface area (Å²) in [5.74, 6) is 3.36. The van der Waals surface area contributed by atoms with Crippen LogP contribution in [0.1, 0.15) is 11.4 Å². The molecule has 1 aromatic heterocycles. The third kappa shape index (κ3) is 4.80. The summed E-state index contributed by atoms with van der Waals surface area (Å²) in [5.41, 5.74) is 1.84. The molecule has 3 aromatic rings. The van der Waals surface area contributed by atoms with Gasteiger partial charge in [-0.25, -0.2) is 9.97 Å². The van der Waals surface area contributed by atoms with Crippen LogP contribution in [0.5, 0.6) is 11.5 Å². The molecule has 2 aromatic carbocycles. The Hall–Kier alpha value is -2.99. The monoisotopic (exact) mass is 384 g/mol. The molecule has 0 amide bonds. The average molecular weight is 385 g/mol. The van der Waals surface area contributed by atoms with E-state index >= 15 is 0 Å². The molecular weight excluding hydrogens is 364 g/mol. The van der Waals surface area contributed by atoms with Crippen LogP contribution in [0.4, 0.5) is 17.3 Å². The second-order valence-electron chi connectivity index (χ2n) is 5.83. The first kappa shape index (κ1) is 18.8. The predicted molar refractivity (Wildman–Crippen MR) is 108 cm³/mol. The van der Waals surface area contributed by atoms with Crippen molar-refractivity contribution in [1.82, 2.24) is 9.97 Å². The van der Waals surface area contributed by atoms with Gasteiger partial charge >= 0.3 is 0 Å². The normalized spacial score (nSPS) is 10.4. The van der Waals surface area contributed by atoms with Gasteiger partial charge in [0.15, 0.2) is 11.5 Å². The lowest BCUT2D eigenvalue weighted by atomic mass is 10.2. The summed E-state index contributed by atoms with van der Waals surface area (Å²) in [6.45, 7) is 2.42. The van der Waals surface area contributed by atoms with Crippen molar-refractivity contribution < 1.29 is 9.47 Å². The number of nitrogens with one attached hydrogen (secondary N) is 2. The molecule has 0 aliphatic rings. The number of ether oxygens (including phenoxy) is 2. The minimum Gasteiger partial charge on any atom is -0.493 e. The van der Waals surface area contributed by atoms with Crippen LogP contribution in [0.15, 0.2) is 48.5 Å². The molecule has 0 atom stereocenters. The highest BCUT2D eigenvalue weighted by Crippen LogP contribution is 2.31. The first-order valence-electron chi connectivity index (χ1n) is 8.41. The molecule has 0 spiro atoms. The van der Waals surface area contributed by atoms with E-state index in [-0.39, 0.29) is 0 Å². The first-order valence-corrected chi connectivity index (χ1v) is 8.79. The van der Waals surface area contributed by atoms with Crippen molar-refractivity contribution in [3.63, 3.8) is 0 Å². The summed E-state index contributed by atoms with van der Waals surface area (Å²) in [7, 11) is 3.21. The summed E-state index contributed by atoms with van der Waals surface area (Å²) in [5, 5.41) is 7.28. The molecule has 3 rings (SSSR count). The molecule has 0 saturated heterocycles. The Labute approximate surface area is 163 Å². The van der Waals surface area contributed by atoms with Crippen LogP contribution in [0.25, 0.3) is 0 Å². The van der Waals surface area contributed by atoms with E-state index in [9.17, 15) is 0 Å². The SMILES string of the molecule is COc1ccc(Nc2cc(NCc3ccccc3Cl)nc(C)n2)cc1OC. The molecule has 140 valence electrons.